The first-order valence-electron chi connectivity index (χ1n) is 6.75. The van der Waals surface area contributed by atoms with E-state index in [1.807, 2.05) is 24.3 Å². The fourth-order valence-corrected chi connectivity index (χ4v) is 1.98. The van der Waals surface area contributed by atoms with Crippen LogP contribution in [0.4, 0.5) is 5.69 Å². The van der Waals surface area contributed by atoms with Crippen molar-refractivity contribution in [1.29, 1.82) is 0 Å². The summed E-state index contributed by atoms with van der Waals surface area (Å²) in [4.78, 5) is 11.5. The lowest BCUT2D eigenvalue weighted by atomic mass is 9.87. The largest absolute Gasteiger partial charge is 0.457 e. The van der Waals surface area contributed by atoms with Gasteiger partial charge in [0.15, 0.2) is 0 Å². The number of benzene rings is 2. The fraction of sp³-hybridized carbons (Fsp3) is 0.235. The second-order valence-corrected chi connectivity index (χ2v) is 6.00. The summed E-state index contributed by atoms with van der Waals surface area (Å²) in [5.74, 6) is 0.502. The molecule has 0 atom stereocenters. The second-order valence-electron chi connectivity index (χ2n) is 6.00. The number of hydrogen-bond acceptors (Lipinski definition) is 3. The van der Waals surface area contributed by atoms with Crippen LogP contribution in [-0.2, 0) is 5.41 Å². The smallest absolute Gasteiger partial charge is 0.252 e. The predicted molar refractivity (Wildman–Crippen MR) is 84.6 cm³/mol. The molecule has 2 aromatic carbocycles. The average molecular weight is 284 g/mol. The minimum atomic E-state index is -0.565. The van der Waals surface area contributed by atoms with Gasteiger partial charge in [-0.1, -0.05) is 32.9 Å². The summed E-state index contributed by atoms with van der Waals surface area (Å²) in [5, 5.41) is 0. The molecule has 4 N–H and O–H groups in total. The monoisotopic (exact) mass is 284 g/mol. The zero-order valence-corrected chi connectivity index (χ0v) is 12.5. The number of nitrogens with two attached hydrogens (primary N) is 2. The maximum atomic E-state index is 11.5. The first-order chi connectivity index (χ1) is 9.77. The van der Waals surface area contributed by atoms with Crippen LogP contribution in [0.3, 0.4) is 0 Å². The van der Waals surface area contributed by atoms with Gasteiger partial charge in [-0.3, -0.25) is 4.79 Å². The van der Waals surface area contributed by atoms with Crippen molar-refractivity contribution in [2.45, 2.75) is 26.2 Å². The fourth-order valence-electron chi connectivity index (χ4n) is 1.98. The third-order valence-electron chi connectivity index (χ3n) is 3.20. The standard InChI is InChI=1S/C17H20N2O2/c1-17(2,3)11-5-4-6-13(9-11)21-15-8-7-12(18)10-14(15)16(19)20/h4-10H,18H2,1-3H3,(H2,19,20). The van der Waals surface area contributed by atoms with Gasteiger partial charge in [0.25, 0.3) is 5.91 Å². The molecule has 0 unspecified atom stereocenters. The van der Waals surface area contributed by atoms with Crippen molar-refractivity contribution in [3.63, 3.8) is 0 Å². The quantitative estimate of drug-likeness (QED) is 0.847. The zero-order valence-electron chi connectivity index (χ0n) is 12.5. The van der Waals surface area contributed by atoms with E-state index in [1.54, 1.807) is 12.1 Å². The molecular weight excluding hydrogens is 264 g/mol. The Bertz CT molecular complexity index is 673. The van der Waals surface area contributed by atoms with E-state index in [9.17, 15) is 4.79 Å². The molecule has 1 amide bonds. The maximum absolute atomic E-state index is 11.5. The van der Waals surface area contributed by atoms with Crippen molar-refractivity contribution in [1.82, 2.24) is 0 Å². The molecule has 0 spiro atoms. The van der Waals surface area contributed by atoms with Crippen molar-refractivity contribution >= 4 is 11.6 Å². The van der Waals surface area contributed by atoms with Crippen LogP contribution in [0.15, 0.2) is 42.5 Å². The van der Waals surface area contributed by atoms with E-state index in [4.69, 9.17) is 16.2 Å². The zero-order chi connectivity index (χ0) is 15.6. The molecule has 2 rings (SSSR count). The van der Waals surface area contributed by atoms with Gasteiger partial charge < -0.3 is 16.2 Å². The van der Waals surface area contributed by atoms with Crippen molar-refractivity contribution < 1.29 is 9.53 Å². The molecule has 0 heterocycles. The lowest BCUT2D eigenvalue weighted by Gasteiger charge is -2.20. The molecule has 0 radical (unpaired) electrons. The van der Waals surface area contributed by atoms with Crippen LogP contribution < -0.4 is 16.2 Å². The van der Waals surface area contributed by atoms with E-state index in [-0.39, 0.29) is 11.0 Å². The number of nitrogen functional groups attached to an aromatic ring is 1. The molecule has 0 fully saturated rings. The Morgan fingerprint density at radius 3 is 2.43 bits per heavy atom. The Morgan fingerprint density at radius 2 is 1.81 bits per heavy atom. The highest BCUT2D eigenvalue weighted by Crippen LogP contribution is 2.30. The molecule has 0 aliphatic heterocycles. The van der Waals surface area contributed by atoms with Gasteiger partial charge in [0.2, 0.25) is 0 Å². The summed E-state index contributed by atoms with van der Waals surface area (Å²) in [7, 11) is 0. The third-order valence-corrected chi connectivity index (χ3v) is 3.20. The van der Waals surface area contributed by atoms with Gasteiger partial charge in [0.05, 0.1) is 5.56 Å². The highest BCUT2D eigenvalue weighted by molar-refractivity contribution is 5.96. The normalized spacial score (nSPS) is 11.2. The summed E-state index contributed by atoms with van der Waals surface area (Å²) in [6.45, 7) is 6.39. The minimum Gasteiger partial charge on any atom is -0.457 e. The number of anilines is 1. The highest BCUT2D eigenvalue weighted by Gasteiger charge is 2.15. The van der Waals surface area contributed by atoms with Crippen LogP contribution in [0.5, 0.6) is 11.5 Å². The molecule has 0 aromatic heterocycles. The Hall–Kier alpha value is -2.49. The lowest BCUT2D eigenvalue weighted by Crippen LogP contribution is -2.13. The molecule has 4 heteroatoms. The summed E-state index contributed by atoms with van der Waals surface area (Å²) < 4.78 is 5.81. The summed E-state index contributed by atoms with van der Waals surface area (Å²) in [5.41, 5.74) is 13.0. The number of amides is 1. The summed E-state index contributed by atoms with van der Waals surface area (Å²) in [6.07, 6.45) is 0. The van der Waals surface area contributed by atoms with E-state index >= 15 is 0 Å². The van der Waals surface area contributed by atoms with Crippen molar-refractivity contribution in [3.8, 4) is 11.5 Å². The molecule has 4 nitrogen and oxygen atoms in total. The van der Waals surface area contributed by atoms with E-state index in [2.05, 4.69) is 20.8 Å². The molecule has 0 saturated carbocycles. The van der Waals surface area contributed by atoms with Crippen LogP contribution in [-0.4, -0.2) is 5.91 Å². The van der Waals surface area contributed by atoms with Crippen molar-refractivity contribution in [2.24, 2.45) is 5.73 Å². The van der Waals surface area contributed by atoms with Gasteiger partial charge in [0.1, 0.15) is 11.5 Å². The Labute approximate surface area is 124 Å². The van der Waals surface area contributed by atoms with Crippen LogP contribution in [0, 0.1) is 0 Å². The number of ether oxygens (including phenoxy) is 1. The number of hydrogen-bond donors (Lipinski definition) is 2. The number of rotatable bonds is 3. The third kappa shape index (κ3) is 3.54. The minimum absolute atomic E-state index is 0.0208. The van der Waals surface area contributed by atoms with E-state index in [1.165, 1.54) is 6.07 Å². The van der Waals surface area contributed by atoms with E-state index < -0.39 is 5.91 Å². The molecule has 0 aliphatic carbocycles. The first kappa shape index (κ1) is 14.9. The Kier molecular flexibility index (Phi) is 3.89. The molecule has 110 valence electrons. The number of primary amides is 1. The second kappa shape index (κ2) is 5.48. The molecule has 0 bridgehead atoms. The number of carbonyl (C=O) groups is 1. The van der Waals surface area contributed by atoms with Gasteiger partial charge >= 0.3 is 0 Å². The van der Waals surface area contributed by atoms with Gasteiger partial charge in [-0.2, -0.15) is 0 Å². The molecule has 2 aromatic rings. The molecule has 0 saturated heterocycles. The molecule has 0 aliphatic rings. The van der Waals surface area contributed by atoms with Crippen LogP contribution in [0.2, 0.25) is 0 Å². The van der Waals surface area contributed by atoms with Gasteiger partial charge in [-0.05, 0) is 41.3 Å². The van der Waals surface area contributed by atoms with Gasteiger partial charge in [0, 0.05) is 5.69 Å². The SMILES string of the molecule is CC(C)(C)c1cccc(Oc2ccc(N)cc2C(N)=O)c1. The van der Waals surface area contributed by atoms with E-state index in [0.717, 1.165) is 5.56 Å². The number of carbonyl (C=O) groups excluding carboxylic acids is 1. The van der Waals surface area contributed by atoms with Crippen LogP contribution in [0.1, 0.15) is 36.7 Å². The van der Waals surface area contributed by atoms with Crippen molar-refractivity contribution in [2.75, 3.05) is 5.73 Å². The Balaban J connectivity index is 2.37. The average Bonchev–Trinajstić information content (AvgIpc) is 2.40. The van der Waals surface area contributed by atoms with Crippen molar-refractivity contribution in [3.05, 3.63) is 53.6 Å². The maximum Gasteiger partial charge on any atom is 0.252 e. The summed E-state index contributed by atoms with van der Waals surface area (Å²) in [6, 6.07) is 12.6. The van der Waals surface area contributed by atoms with E-state index in [0.29, 0.717) is 17.2 Å². The van der Waals surface area contributed by atoms with Crippen LogP contribution >= 0.6 is 0 Å². The predicted octanol–water partition coefficient (Wildman–Crippen LogP) is 3.46. The lowest BCUT2D eigenvalue weighted by molar-refractivity contribution is 0.0998. The molecule has 21 heavy (non-hydrogen) atoms. The summed E-state index contributed by atoms with van der Waals surface area (Å²) >= 11 is 0. The highest BCUT2D eigenvalue weighted by atomic mass is 16.5. The van der Waals surface area contributed by atoms with Gasteiger partial charge in [-0.15, -0.1) is 0 Å². The Morgan fingerprint density at radius 1 is 1.10 bits per heavy atom. The van der Waals surface area contributed by atoms with Crippen LogP contribution in [0.25, 0.3) is 0 Å². The molecular formula is C17H20N2O2. The topological polar surface area (TPSA) is 78.3 Å². The first-order valence-corrected chi connectivity index (χ1v) is 6.75. The van der Waals surface area contributed by atoms with Gasteiger partial charge in [-0.25, -0.2) is 0 Å².